The zero-order valence-corrected chi connectivity index (χ0v) is 13.9. The quantitative estimate of drug-likeness (QED) is 0.914. The first-order chi connectivity index (χ1) is 11.2. The summed E-state index contributed by atoms with van der Waals surface area (Å²) in [6, 6.07) is 4.08. The van der Waals surface area contributed by atoms with Crippen molar-refractivity contribution in [1.29, 1.82) is 0 Å². The van der Waals surface area contributed by atoms with Crippen LogP contribution in [0.1, 0.15) is 29.6 Å². The molecule has 1 aromatic rings. The van der Waals surface area contributed by atoms with Crippen molar-refractivity contribution >= 4 is 5.91 Å². The van der Waals surface area contributed by atoms with Gasteiger partial charge in [0.15, 0.2) is 11.5 Å². The third-order valence-corrected chi connectivity index (χ3v) is 4.82. The lowest BCUT2D eigenvalue weighted by atomic mass is 10.1. The monoisotopic (exact) mass is 320 g/mol. The highest BCUT2D eigenvalue weighted by molar-refractivity contribution is 5.99. The first-order valence-corrected chi connectivity index (χ1v) is 8.03. The van der Waals surface area contributed by atoms with Crippen molar-refractivity contribution in [3.8, 4) is 17.2 Å². The number of carbonyl (C=O) groups is 1. The van der Waals surface area contributed by atoms with E-state index >= 15 is 0 Å². The zero-order valence-electron chi connectivity index (χ0n) is 13.9. The number of ether oxygens (including phenoxy) is 3. The molecule has 2 aliphatic heterocycles. The lowest BCUT2D eigenvalue weighted by molar-refractivity contribution is 0.0676. The molecule has 2 aliphatic rings. The number of methoxy groups -OCH3 is 3. The molecule has 23 heavy (non-hydrogen) atoms. The molecule has 2 fully saturated rings. The van der Waals surface area contributed by atoms with Crippen LogP contribution in [0.15, 0.2) is 12.1 Å². The van der Waals surface area contributed by atoms with Gasteiger partial charge in [0.25, 0.3) is 5.91 Å². The van der Waals surface area contributed by atoms with Crippen molar-refractivity contribution in [2.75, 3.05) is 34.4 Å². The van der Waals surface area contributed by atoms with Gasteiger partial charge in [-0.25, -0.2) is 0 Å². The van der Waals surface area contributed by atoms with Gasteiger partial charge >= 0.3 is 0 Å². The minimum absolute atomic E-state index is 0.0130. The Kier molecular flexibility index (Phi) is 4.61. The largest absolute Gasteiger partial charge is 0.493 e. The van der Waals surface area contributed by atoms with Crippen molar-refractivity contribution in [3.63, 3.8) is 0 Å². The van der Waals surface area contributed by atoms with E-state index in [0.717, 1.165) is 32.4 Å². The minimum atomic E-state index is 0.0130. The minimum Gasteiger partial charge on any atom is -0.493 e. The van der Waals surface area contributed by atoms with Gasteiger partial charge in [0.2, 0.25) is 5.75 Å². The zero-order chi connectivity index (χ0) is 16.4. The van der Waals surface area contributed by atoms with Crippen molar-refractivity contribution in [2.45, 2.75) is 31.3 Å². The molecule has 2 heterocycles. The van der Waals surface area contributed by atoms with Crippen molar-refractivity contribution < 1.29 is 19.0 Å². The second kappa shape index (κ2) is 6.66. The van der Waals surface area contributed by atoms with E-state index in [1.54, 1.807) is 33.5 Å². The van der Waals surface area contributed by atoms with Crippen LogP contribution in [-0.2, 0) is 0 Å². The first kappa shape index (κ1) is 15.9. The van der Waals surface area contributed by atoms with E-state index in [2.05, 4.69) is 5.32 Å². The molecule has 2 unspecified atom stereocenters. The molecule has 0 spiro atoms. The van der Waals surface area contributed by atoms with Crippen molar-refractivity contribution in [3.05, 3.63) is 17.7 Å². The van der Waals surface area contributed by atoms with Gasteiger partial charge in [-0.2, -0.15) is 0 Å². The first-order valence-electron chi connectivity index (χ1n) is 8.03. The maximum absolute atomic E-state index is 13.2. The van der Waals surface area contributed by atoms with Crippen LogP contribution >= 0.6 is 0 Å². The van der Waals surface area contributed by atoms with E-state index < -0.39 is 0 Å². The molecule has 0 saturated carbocycles. The van der Waals surface area contributed by atoms with Gasteiger partial charge in [-0.3, -0.25) is 4.79 Å². The maximum atomic E-state index is 13.2. The molecule has 1 amide bonds. The fourth-order valence-corrected chi connectivity index (χ4v) is 3.72. The molecule has 2 bridgehead atoms. The van der Waals surface area contributed by atoms with Crippen molar-refractivity contribution in [2.24, 2.45) is 0 Å². The molecule has 1 aromatic carbocycles. The van der Waals surface area contributed by atoms with Crippen LogP contribution in [0.5, 0.6) is 17.2 Å². The van der Waals surface area contributed by atoms with E-state index in [1.165, 1.54) is 0 Å². The van der Waals surface area contributed by atoms with Gasteiger partial charge in [0.05, 0.1) is 26.9 Å². The van der Waals surface area contributed by atoms with Gasteiger partial charge in [0.1, 0.15) is 0 Å². The van der Waals surface area contributed by atoms with Crippen LogP contribution in [-0.4, -0.2) is 57.3 Å². The molecule has 0 radical (unpaired) electrons. The summed E-state index contributed by atoms with van der Waals surface area (Å²) in [6.45, 7) is 1.83. The Balaban J connectivity index is 1.99. The van der Waals surface area contributed by atoms with Gasteiger partial charge in [-0.15, -0.1) is 0 Å². The number of benzene rings is 1. The van der Waals surface area contributed by atoms with Gasteiger partial charge < -0.3 is 24.4 Å². The Morgan fingerprint density at radius 3 is 2.48 bits per heavy atom. The van der Waals surface area contributed by atoms with E-state index in [4.69, 9.17) is 14.2 Å². The Bertz CT molecular complexity index is 576. The molecule has 126 valence electrons. The number of fused-ring (bicyclic) bond motifs is 2. The Hall–Kier alpha value is -1.95. The highest BCUT2D eigenvalue weighted by Gasteiger charge is 2.39. The standard InChI is InChI=1S/C17H24N2O4/c1-21-14-7-6-13(15(22-2)16(14)23-3)17(20)19-11-4-5-12(19)10-18-9-8-11/h6-7,11-12,18H,4-5,8-10H2,1-3H3. The third-order valence-electron chi connectivity index (χ3n) is 4.82. The fourth-order valence-electron chi connectivity index (χ4n) is 3.72. The lowest BCUT2D eigenvalue weighted by Gasteiger charge is -2.29. The number of rotatable bonds is 4. The molecule has 0 aliphatic carbocycles. The molecule has 3 rings (SSSR count). The van der Waals surface area contributed by atoms with Gasteiger partial charge in [0, 0.05) is 18.6 Å². The summed E-state index contributed by atoms with van der Waals surface area (Å²) >= 11 is 0. The molecular weight excluding hydrogens is 296 g/mol. The van der Waals surface area contributed by atoms with Crippen LogP contribution in [0.25, 0.3) is 0 Å². The third kappa shape index (κ3) is 2.72. The fraction of sp³-hybridized carbons (Fsp3) is 0.588. The summed E-state index contributed by atoms with van der Waals surface area (Å²) in [7, 11) is 4.67. The molecule has 2 atom stereocenters. The number of carbonyl (C=O) groups excluding carboxylic acids is 1. The van der Waals surface area contributed by atoms with Crippen LogP contribution in [0, 0.1) is 0 Å². The Labute approximate surface area is 136 Å². The summed E-state index contributed by atoms with van der Waals surface area (Å²) in [6.07, 6.45) is 3.13. The summed E-state index contributed by atoms with van der Waals surface area (Å²) in [5.41, 5.74) is 0.531. The number of hydrogen-bond acceptors (Lipinski definition) is 5. The normalized spacial score (nSPS) is 23.3. The number of hydrogen-bond donors (Lipinski definition) is 1. The average molecular weight is 320 g/mol. The number of nitrogens with zero attached hydrogens (tertiary/aromatic N) is 1. The average Bonchev–Trinajstić information content (AvgIpc) is 2.85. The molecule has 0 aromatic heterocycles. The predicted molar refractivity (Wildman–Crippen MR) is 86.6 cm³/mol. The van der Waals surface area contributed by atoms with Crippen LogP contribution in [0.4, 0.5) is 0 Å². The van der Waals surface area contributed by atoms with E-state index in [9.17, 15) is 4.79 Å². The second-order valence-corrected chi connectivity index (χ2v) is 5.97. The summed E-state index contributed by atoms with van der Waals surface area (Å²) in [5, 5.41) is 3.41. The van der Waals surface area contributed by atoms with Crippen LogP contribution in [0.2, 0.25) is 0 Å². The second-order valence-electron chi connectivity index (χ2n) is 5.97. The highest BCUT2D eigenvalue weighted by atomic mass is 16.5. The van der Waals surface area contributed by atoms with E-state index in [0.29, 0.717) is 28.9 Å². The van der Waals surface area contributed by atoms with Gasteiger partial charge in [-0.1, -0.05) is 0 Å². The molecule has 2 saturated heterocycles. The topological polar surface area (TPSA) is 60.0 Å². The van der Waals surface area contributed by atoms with Crippen LogP contribution < -0.4 is 19.5 Å². The Morgan fingerprint density at radius 1 is 1.04 bits per heavy atom. The van der Waals surface area contributed by atoms with E-state index in [1.807, 2.05) is 4.90 Å². The van der Waals surface area contributed by atoms with Crippen LogP contribution in [0.3, 0.4) is 0 Å². The SMILES string of the molecule is COc1ccc(C(=O)N2C3CCNCC2CC3)c(OC)c1OC. The summed E-state index contributed by atoms with van der Waals surface area (Å²) in [4.78, 5) is 15.2. The highest BCUT2D eigenvalue weighted by Crippen LogP contribution is 2.41. The lowest BCUT2D eigenvalue weighted by Crippen LogP contribution is -2.42. The van der Waals surface area contributed by atoms with Gasteiger partial charge in [-0.05, 0) is 37.9 Å². The van der Waals surface area contributed by atoms with E-state index in [-0.39, 0.29) is 11.9 Å². The Morgan fingerprint density at radius 2 is 1.78 bits per heavy atom. The van der Waals surface area contributed by atoms with Crippen molar-refractivity contribution in [1.82, 2.24) is 10.2 Å². The summed E-state index contributed by atoms with van der Waals surface area (Å²) < 4.78 is 16.2. The number of amides is 1. The molecular formula is C17H24N2O4. The maximum Gasteiger partial charge on any atom is 0.258 e. The molecule has 6 heteroatoms. The number of nitrogens with one attached hydrogen (secondary N) is 1. The predicted octanol–water partition coefficient (Wildman–Crippen LogP) is 1.68. The molecule has 6 nitrogen and oxygen atoms in total. The summed E-state index contributed by atoms with van der Waals surface area (Å²) in [5.74, 6) is 1.47. The molecule has 1 N–H and O–H groups in total. The smallest absolute Gasteiger partial charge is 0.258 e.